The zero-order chi connectivity index (χ0) is 12.0. The van der Waals surface area contributed by atoms with Gasteiger partial charge in [-0.25, -0.2) is 4.79 Å². The van der Waals surface area contributed by atoms with Crippen LogP contribution in [0.5, 0.6) is 0 Å². The van der Waals surface area contributed by atoms with Crippen molar-refractivity contribution in [2.45, 2.75) is 38.9 Å². The normalized spacial score (nSPS) is 14.2. The van der Waals surface area contributed by atoms with E-state index in [-0.39, 0.29) is 12.1 Å². The quantitative estimate of drug-likeness (QED) is 0.778. The van der Waals surface area contributed by atoms with E-state index in [4.69, 9.17) is 4.74 Å². The van der Waals surface area contributed by atoms with Crippen molar-refractivity contribution in [2.75, 3.05) is 0 Å². The predicted octanol–water partition coefficient (Wildman–Crippen LogP) is 2.39. The summed E-state index contributed by atoms with van der Waals surface area (Å²) in [6.45, 7) is 3.63. The molecule has 0 bridgehead atoms. The average Bonchev–Trinajstić information content (AvgIpc) is 2.28. The summed E-state index contributed by atoms with van der Waals surface area (Å²) in [6, 6.07) is 8.89. The molecule has 2 unspecified atom stereocenters. The van der Waals surface area contributed by atoms with Crippen molar-refractivity contribution in [2.24, 2.45) is 0 Å². The molecule has 0 saturated carbocycles. The fraction of sp³-hybridized carbons (Fsp3) is 0.462. The summed E-state index contributed by atoms with van der Waals surface area (Å²) in [7, 11) is 0. The van der Waals surface area contributed by atoms with E-state index in [0.29, 0.717) is 18.4 Å². The van der Waals surface area contributed by atoms with Crippen LogP contribution < -0.4 is 0 Å². The maximum Gasteiger partial charge on any atom is 0.338 e. The van der Waals surface area contributed by atoms with Crippen LogP contribution in [0.2, 0.25) is 0 Å². The van der Waals surface area contributed by atoms with Crippen molar-refractivity contribution in [3.63, 3.8) is 0 Å². The lowest BCUT2D eigenvalue weighted by atomic mass is 10.1. The molecular formula is C13H18O3. The van der Waals surface area contributed by atoms with Crippen molar-refractivity contribution in [3.05, 3.63) is 35.9 Å². The largest absolute Gasteiger partial charge is 0.459 e. The number of benzene rings is 1. The average molecular weight is 222 g/mol. The monoisotopic (exact) mass is 222 g/mol. The summed E-state index contributed by atoms with van der Waals surface area (Å²) < 4.78 is 5.30. The number of aliphatic hydroxyl groups excluding tert-OH is 1. The number of carbonyl (C=O) groups is 1. The Bertz CT molecular complexity index is 319. The molecule has 2 atom stereocenters. The van der Waals surface area contributed by atoms with E-state index in [0.717, 1.165) is 0 Å². The van der Waals surface area contributed by atoms with Crippen molar-refractivity contribution in [3.8, 4) is 0 Å². The number of esters is 1. The third kappa shape index (κ3) is 4.03. The second-order valence-corrected chi connectivity index (χ2v) is 3.89. The molecule has 0 aliphatic heterocycles. The number of hydrogen-bond acceptors (Lipinski definition) is 3. The smallest absolute Gasteiger partial charge is 0.338 e. The highest BCUT2D eigenvalue weighted by Gasteiger charge is 2.15. The van der Waals surface area contributed by atoms with Gasteiger partial charge in [-0.2, -0.15) is 0 Å². The van der Waals surface area contributed by atoms with E-state index in [1.807, 2.05) is 13.0 Å². The Balaban J connectivity index is 2.56. The molecule has 0 aromatic heterocycles. The minimum Gasteiger partial charge on any atom is -0.459 e. The number of rotatable bonds is 5. The van der Waals surface area contributed by atoms with Gasteiger partial charge in [-0.15, -0.1) is 0 Å². The molecule has 0 spiro atoms. The van der Waals surface area contributed by atoms with Crippen LogP contribution in [0.4, 0.5) is 0 Å². The summed E-state index contributed by atoms with van der Waals surface area (Å²) in [5, 5.41) is 9.25. The number of carbonyl (C=O) groups excluding carboxylic acids is 1. The van der Waals surface area contributed by atoms with Crippen LogP contribution in [-0.4, -0.2) is 23.3 Å². The molecule has 3 nitrogen and oxygen atoms in total. The van der Waals surface area contributed by atoms with Crippen LogP contribution in [0.3, 0.4) is 0 Å². The van der Waals surface area contributed by atoms with E-state index in [1.54, 1.807) is 31.2 Å². The molecule has 0 aliphatic rings. The highest BCUT2D eigenvalue weighted by molar-refractivity contribution is 5.89. The topological polar surface area (TPSA) is 46.5 Å². The van der Waals surface area contributed by atoms with Crippen LogP contribution in [-0.2, 0) is 4.74 Å². The van der Waals surface area contributed by atoms with Crippen molar-refractivity contribution in [1.82, 2.24) is 0 Å². The predicted molar refractivity (Wildman–Crippen MR) is 62.2 cm³/mol. The van der Waals surface area contributed by atoms with Gasteiger partial charge in [0.05, 0.1) is 11.7 Å². The van der Waals surface area contributed by atoms with E-state index < -0.39 is 6.10 Å². The Labute approximate surface area is 96.1 Å². The summed E-state index contributed by atoms with van der Waals surface area (Å²) in [5.41, 5.74) is 0.548. The molecule has 1 aromatic rings. The van der Waals surface area contributed by atoms with Crippen LogP contribution in [0, 0.1) is 0 Å². The maximum absolute atomic E-state index is 11.7. The summed E-state index contributed by atoms with van der Waals surface area (Å²) in [4.78, 5) is 11.7. The highest BCUT2D eigenvalue weighted by Crippen LogP contribution is 2.10. The first-order valence-corrected chi connectivity index (χ1v) is 5.57. The van der Waals surface area contributed by atoms with Gasteiger partial charge in [-0.1, -0.05) is 25.1 Å². The molecule has 0 heterocycles. The lowest BCUT2D eigenvalue weighted by molar-refractivity contribution is 0.0159. The molecular weight excluding hydrogens is 204 g/mol. The second-order valence-electron chi connectivity index (χ2n) is 3.89. The zero-order valence-electron chi connectivity index (χ0n) is 9.72. The van der Waals surface area contributed by atoms with Gasteiger partial charge in [0.1, 0.15) is 6.10 Å². The molecule has 0 radical (unpaired) electrons. The highest BCUT2D eigenvalue weighted by atomic mass is 16.5. The molecule has 1 aromatic carbocycles. The molecule has 1 rings (SSSR count). The van der Waals surface area contributed by atoms with Gasteiger partial charge < -0.3 is 9.84 Å². The van der Waals surface area contributed by atoms with Crippen molar-refractivity contribution < 1.29 is 14.6 Å². The van der Waals surface area contributed by atoms with Crippen molar-refractivity contribution >= 4 is 5.97 Å². The molecule has 0 aliphatic carbocycles. The Kier molecular flexibility index (Phi) is 4.99. The first-order chi connectivity index (χ1) is 7.63. The SMILES string of the molecule is CCC(CC(C)O)OC(=O)c1ccccc1. The lowest BCUT2D eigenvalue weighted by Crippen LogP contribution is -2.21. The van der Waals surface area contributed by atoms with Gasteiger partial charge in [0.2, 0.25) is 0 Å². The third-order valence-electron chi connectivity index (χ3n) is 2.34. The molecule has 1 N–H and O–H groups in total. The number of ether oxygens (including phenoxy) is 1. The van der Waals surface area contributed by atoms with Crippen LogP contribution in [0.25, 0.3) is 0 Å². The van der Waals surface area contributed by atoms with E-state index in [9.17, 15) is 9.90 Å². The van der Waals surface area contributed by atoms with Gasteiger partial charge in [-0.05, 0) is 25.5 Å². The lowest BCUT2D eigenvalue weighted by Gasteiger charge is -2.17. The summed E-state index contributed by atoms with van der Waals surface area (Å²) in [6.07, 6.45) is 0.527. The Hall–Kier alpha value is -1.35. The Morgan fingerprint density at radius 2 is 2.00 bits per heavy atom. The fourth-order valence-corrected chi connectivity index (χ4v) is 1.47. The number of aliphatic hydroxyl groups is 1. The van der Waals surface area contributed by atoms with Crippen LogP contribution >= 0.6 is 0 Å². The number of hydrogen-bond donors (Lipinski definition) is 1. The molecule has 16 heavy (non-hydrogen) atoms. The van der Waals surface area contributed by atoms with E-state index in [2.05, 4.69) is 0 Å². The van der Waals surface area contributed by atoms with Gasteiger partial charge in [0.25, 0.3) is 0 Å². The van der Waals surface area contributed by atoms with Gasteiger partial charge in [-0.3, -0.25) is 0 Å². The Morgan fingerprint density at radius 1 is 1.38 bits per heavy atom. The van der Waals surface area contributed by atoms with E-state index >= 15 is 0 Å². The second kappa shape index (κ2) is 6.28. The Morgan fingerprint density at radius 3 is 2.50 bits per heavy atom. The first-order valence-electron chi connectivity index (χ1n) is 5.57. The minimum absolute atomic E-state index is 0.215. The zero-order valence-corrected chi connectivity index (χ0v) is 9.72. The first kappa shape index (κ1) is 12.7. The van der Waals surface area contributed by atoms with Crippen LogP contribution in [0.1, 0.15) is 37.0 Å². The third-order valence-corrected chi connectivity index (χ3v) is 2.34. The standard InChI is InChI=1S/C13H18O3/c1-3-12(9-10(2)14)16-13(15)11-7-5-4-6-8-11/h4-8,10,12,14H,3,9H2,1-2H3. The minimum atomic E-state index is -0.450. The maximum atomic E-state index is 11.7. The summed E-state index contributed by atoms with van der Waals surface area (Å²) >= 11 is 0. The fourth-order valence-electron chi connectivity index (χ4n) is 1.47. The van der Waals surface area contributed by atoms with Gasteiger partial charge >= 0.3 is 5.97 Å². The molecule has 3 heteroatoms. The van der Waals surface area contributed by atoms with E-state index in [1.165, 1.54) is 0 Å². The van der Waals surface area contributed by atoms with Crippen LogP contribution in [0.15, 0.2) is 30.3 Å². The van der Waals surface area contributed by atoms with Gasteiger partial charge in [0, 0.05) is 6.42 Å². The summed E-state index contributed by atoms with van der Waals surface area (Å²) in [5.74, 6) is -0.326. The molecule has 0 fully saturated rings. The van der Waals surface area contributed by atoms with Crippen molar-refractivity contribution in [1.29, 1.82) is 0 Å². The molecule has 88 valence electrons. The van der Waals surface area contributed by atoms with Gasteiger partial charge in [0.15, 0.2) is 0 Å². The molecule has 0 amide bonds. The molecule has 0 saturated heterocycles.